The van der Waals surface area contributed by atoms with E-state index in [0.29, 0.717) is 12.2 Å². The van der Waals surface area contributed by atoms with E-state index < -0.39 is 23.9 Å². The first-order chi connectivity index (χ1) is 15.7. The van der Waals surface area contributed by atoms with Crippen LogP contribution in [0.4, 0.5) is 35.3 Å². The largest absolute Gasteiger partial charge is 0.574 e. The zero-order valence-electron chi connectivity index (χ0n) is 19.9. The number of nitrogens with one attached hydrogen (secondary N) is 2. The number of alkyl halides is 3. The Kier molecular flexibility index (Phi) is 7.18. The highest BCUT2D eigenvalue weighted by Crippen LogP contribution is 2.38. The number of carbonyl (C=O) groups is 1. The number of aromatic nitrogens is 3. The van der Waals surface area contributed by atoms with Gasteiger partial charge in [-0.2, -0.15) is 10.1 Å². The SMILES string of the molecule is CC(C)NC(=O)O[C@@H]1CC[C@H](c2cc(Nc3ccc(N)c(OC(F)(F)F)n3)n(C(C)(C)C)n2)C1. The Hall–Kier alpha value is -3.18. The van der Waals surface area contributed by atoms with E-state index in [0.717, 1.165) is 18.5 Å². The van der Waals surface area contributed by atoms with Crippen molar-refractivity contribution in [3.63, 3.8) is 0 Å². The van der Waals surface area contributed by atoms with E-state index in [9.17, 15) is 18.0 Å². The number of nitrogen functional groups attached to an aromatic ring is 1. The highest BCUT2D eigenvalue weighted by atomic mass is 19.4. The van der Waals surface area contributed by atoms with Crippen molar-refractivity contribution in [1.82, 2.24) is 20.1 Å². The third-order valence-corrected chi connectivity index (χ3v) is 5.20. The van der Waals surface area contributed by atoms with E-state index in [4.69, 9.17) is 15.6 Å². The molecular formula is C22H31F3N6O3. The molecule has 0 bridgehead atoms. The summed E-state index contributed by atoms with van der Waals surface area (Å²) in [5.74, 6) is 0.0301. The normalized spacial score (nSPS) is 18.7. The summed E-state index contributed by atoms with van der Waals surface area (Å²) in [5.41, 5.74) is 5.72. The van der Waals surface area contributed by atoms with Crippen LogP contribution in [-0.2, 0) is 10.3 Å². The predicted octanol–water partition coefficient (Wildman–Crippen LogP) is 5.03. The van der Waals surface area contributed by atoms with Crippen molar-refractivity contribution in [2.75, 3.05) is 11.1 Å². The Balaban J connectivity index is 1.79. The van der Waals surface area contributed by atoms with Gasteiger partial charge in [-0.1, -0.05) is 0 Å². The molecule has 9 nitrogen and oxygen atoms in total. The van der Waals surface area contributed by atoms with Gasteiger partial charge in [0.05, 0.1) is 16.9 Å². The van der Waals surface area contributed by atoms with Crippen molar-refractivity contribution in [3.8, 4) is 5.88 Å². The molecular weight excluding hydrogens is 453 g/mol. The molecule has 1 fully saturated rings. The number of amides is 1. The van der Waals surface area contributed by atoms with Crippen molar-refractivity contribution >= 4 is 23.4 Å². The number of hydrogen-bond donors (Lipinski definition) is 3. The molecule has 12 heteroatoms. The quantitative estimate of drug-likeness (QED) is 0.527. The summed E-state index contributed by atoms with van der Waals surface area (Å²) in [6.45, 7) is 9.60. The molecule has 1 saturated carbocycles. The van der Waals surface area contributed by atoms with E-state index >= 15 is 0 Å². The van der Waals surface area contributed by atoms with Crippen LogP contribution in [0.15, 0.2) is 18.2 Å². The lowest BCUT2D eigenvalue weighted by molar-refractivity contribution is -0.275. The highest BCUT2D eigenvalue weighted by molar-refractivity contribution is 5.67. The van der Waals surface area contributed by atoms with E-state index in [1.54, 1.807) is 4.68 Å². The molecule has 2 aromatic heterocycles. The van der Waals surface area contributed by atoms with Crippen molar-refractivity contribution in [1.29, 1.82) is 0 Å². The topological polar surface area (TPSA) is 116 Å². The number of alkyl carbamates (subject to hydrolysis) is 1. The summed E-state index contributed by atoms with van der Waals surface area (Å²) in [6.07, 6.45) is -3.40. The Morgan fingerprint density at radius 1 is 1.24 bits per heavy atom. The highest BCUT2D eigenvalue weighted by Gasteiger charge is 2.34. The number of rotatable bonds is 6. The van der Waals surface area contributed by atoms with Crippen LogP contribution in [0, 0.1) is 0 Å². The summed E-state index contributed by atoms with van der Waals surface area (Å²) in [6, 6.07) is 4.58. The van der Waals surface area contributed by atoms with E-state index in [2.05, 4.69) is 20.4 Å². The van der Waals surface area contributed by atoms with Gasteiger partial charge in [-0.3, -0.25) is 0 Å². The van der Waals surface area contributed by atoms with Gasteiger partial charge in [-0.15, -0.1) is 13.2 Å². The Bertz CT molecular complexity index is 1020. The first-order valence-electron chi connectivity index (χ1n) is 11.1. The number of anilines is 3. The first kappa shape index (κ1) is 25.4. The second-order valence-corrected chi connectivity index (χ2v) is 9.64. The van der Waals surface area contributed by atoms with E-state index in [-0.39, 0.29) is 29.6 Å². The molecule has 4 N–H and O–H groups in total. The summed E-state index contributed by atoms with van der Waals surface area (Å²) in [4.78, 5) is 15.8. The van der Waals surface area contributed by atoms with E-state index in [1.807, 2.05) is 40.7 Å². The molecule has 3 rings (SSSR count). The summed E-state index contributed by atoms with van der Waals surface area (Å²) in [5, 5.41) is 10.5. The minimum absolute atomic E-state index is 0.00943. The number of nitrogens with zero attached hydrogens (tertiary/aromatic N) is 3. The Labute approximate surface area is 196 Å². The third kappa shape index (κ3) is 6.67. The zero-order valence-corrected chi connectivity index (χ0v) is 19.9. The van der Waals surface area contributed by atoms with Gasteiger partial charge >= 0.3 is 12.5 Å². The maximum absolute atomic E-state index is 12.7. The fraction of sp³-hybridized carbons (Fsp3) is 0.591. The molecule has 0 saturated heterocycles. The average Bonchev–Trinajstić information content (AvgIpc) is 3.29. The molecule has 188 valence electrons. The Morgan fingerprint density at radius 2 is 1.94 bits per heavy atom. The van der Waals surface area contributed by atoms with Gasteiger partial charge < -0.3 is 25.8 Å². The number of hydrogen-bond acceptors (Lipinski definition) is 7. The van der Waals surface area contributed by atoms with Crippen LogP contribution in [-0.4, -0.2) is 39.4 Å². The molecule has 0 unspecified atom stereocenters. The average molecular weight is 485 g/mol. The lowest BCUT2D eigenvalue weighted by Gasteiger charge is -2.23. The van der Waals surface area contributed by atoms with Crippen LogP contribution in [0.2, 0.25) is 0 Å². The second kappa shape index (κ2) is 9.59. The van der Waals surface area contributed by atoms with Crippen molar-refractivity contribution in [3.05, 3.63) is 23.9 Å². The van der Waals surface area contributed by atoms with Gasteiger partial charge in [-0.25, -0.2) is 9.48 Å². The van der Waals surface area contributed by atoms with Gasteiger partial charge in [0, 0.05) is 18.0 Å². The monoisotopic (exact) mass is 484 g/mol. The van der Waals surface area contributed by atoms with Gasteiger partial charge in [0.2, 0.25) is 5.88 Å². The number of nitrogens with two attached hydrogens (primary N) is 1. The smallest absolute Gasteiger partial charge is 0.446 e. The molecule has 1 aliphatic rings. The molecule has 2 heterocycles. The van der Waals surface area contributed by atoms with Gasteiger partial charge in [0.15, 0.2) is 0 Å². The first-order valence-corrected chi connectivity index (χ1v) is 11.1. The zero-order chi connectivity index (χ0) is 25.3. The molecule has 2 atom stereocenters. The molecule has 34 heavy (non-hydrogen) atoms. The molecule has 0 aliphatic heterocycles. The van der Waals surface area contributed by atoms with Crippen LogP contribution in [0.3, 0.4) is 0 Å². The van der Waals surface area contributed by atoms with Gasteiger partial charge in [0.1, 0.15) is 17.7 Å². The Morgan fingerprint density at radius 3 is 2.56 bits per heavy atom. The van der Waals surface area contributed by atoms with Crippen LogP contribution >= 0.6 is 0 Å². The maximum atomic E-state index is 12.7. The molecule has 0 aromatic carbocycles. The minimum Gasteiger partial charge on any atom is -0.446 e. The van der Waals surface area contributed by atoms with Gasteiger partial charge in [0.25, 0.3) is 0 Å². The third-order valence-electron chi connectivity index (χ3n) is 5.20. The van der Waals surface area contributed by atoms with Crippen LogP contribution in [0.1, 0.15) is 65.5 Å². The van der Waals surface area contributed by atoms with E-state index in [1.165, 1.54) is 12.1 Å². The van der Waals surface area contributed by atoms with Gasteiger partial charge in [-0.05, 0) is 66.0 Å². The maximum Gasteiger partial charge on any atom is 0.574 e. The molecule has 1 amide bonds. The van der Waals surface area contributed by atoms with Crippen LogP contribution in [0.5, 0.6) is 5.88 Å². The fourth-order valence-corrected chi connectivity index (χ4v) is 3.78. The fourth-order valence-electron chi connectivity index (χ4n) is 3.78. The summed E-state index contributed by atoms with van der Waals surface area (Å²) < 4.78 is 49.2. The summed E-state index contributed by atoms with van der Waals surface area (Å²) in [7, 11) is 0. The lowest BCUT2D eigenvalue weighted by Crippen LogP contribution is -2.33. The molecule has 2 aromatic rings. The number of ether oxygens (including phenoxy) is 2. The van der Waals surface area contributed by atoms with Crippen molar-refractivity contribution < 1.29 is 27.4 Å². The molecule has 0 spiro atoms. The molecule has 0 radical (unpaired) electrons. The number of carbonyl (C=O) groups excluding carboxylic acids is 1. The van der Waals surface area contributed by atoms with Crippen LogP contribution < -0.4 is 21.1 Å². The number of halogens is 3. The summed E-state index contributed by atoms with van der Waals surface area (Å²) >= 11 is 0. The second-order valence-electron chi connectivity index (χ2n) is 9.64. The van der Waals surface area contributed by atoms with Crippen molar-refractivity contribution in [2.24, 2.45) is 0 Å². The predicted molar refractivity (Wildman–Crippen MR) is 121 cm³/mol. The molecule has 1 aliphatic carbocycles. The van der Waals surface area contributed by atoms with Crippen molar-refractivity contribution in [2.45, 2.75) is 83.8 Å². The van der Waals surface area contributed by atoms with Crippen LogP contribution in [0.25, 0.3) is 0 Å². The minimum atomic E-state index is -4.91. The number of pyridine rings is 1. The lowest BCUT2D eigenvalue weighted by atomic mass is 10.0. The standard InChI is InChI=1S/C22H31F3N6O3/c1-12(2)27-20(32)33-14-7-6-13(10-14)16-11-18(31(30-16)21(3,4)5)28-17-9-8-15(26)19(29-17)34-22(23,24)25/h8-9,11-14H,6-7,10,26H2,1-5H3,(H,27,32)(H,28,29)/t13-,14+/m0/s1.